The molecule has 0 radical (unpaired) electrons. The number of morpholine rings is 1. The zero-order valence-electron chi connectivity index (χ0n) is 17.5. The Morgan fingerprint density at radius 2 is 2.06 bits per heavy atom. The average molecular weight is 446 g/mol. The summed E-state index contributed by atoms with van der Waals surface area (Å²) in [5.74, 6) is -0.105. The topological polar surface area (TPSA) is 97.8 Å². The van der Waals surface area contributed by atoms with Crippen molar-refractivity contribution < 1.29 is 22.7 Å². The second-order valence-corrected chi connectivity index (χ2v) is 9.65. The molecule has 1 aliphatic carbocycles. The predicted molar refractivity (Wildman–Crippen MR) is 116 cm³/mol. The number of anilines is 1. The number of nitrogens with one attached hydrogen (secondary N) is 1. The Kier molecular flexibility index (Phi) is 6.54. The summed E-state index contributed by atoms with van der Waals surface area (Å²) in [6.07, 6.45) is 4.53. The molecule has 9 heteroatoms. The summed E-state index contributed by atoms with van der Waals surface area (Å²) in [5.41, 5.74) is 2.74. The number of methoxy groups -OCH3 is 1. The van der Waals surface area contributed by atoms with E-state index in [0.717, 1.165) is 19.3 Å². The summed E-state index contributed by atoms with van der Waals surface area (Å²) in [4.78, 5) is 16.3. The number of aromatic nitrogens is 1. The Morgan fingerprint density at radius 1 is 1.29 bits per heavy atom. The molecule has 1 aliphatic heterocycles. The molecular weight excluding hydrogens is 418 g/mol. The number of nitrogens with zero attached hydrogens (tertiary/aromatic N) is 2. The van der Waals surface area contributed by atoms with Crippen molar-refractivity contribution in [2.75, 3.05) is 45.3 Å². The molecule has 0 bridgehead atoms. The highest BCUT2D eigenvalue weighted by Gasteiger charge is 2.31. The molecule has 2 aromatic rings. The normalized spacial score (nSPS) is 19.5. The summed E-state index contributed by atoms with van der Waals surface area (Å²) < 4.78 is 38.1. The van der Waals surface area contributed by atoms with Crippen LogP contribution in [-0.2, 0) is 25.9 Å². The maximum atomic E-state index is 13.4. The molecule has 0 amide bonds. The van der Waals surface area contributed by atoms with Crippen LogP contribution < -0.4 is 5.32 Å². The van der Waals surface area contributed by atoms with Crippen LogP contribution in [0.3, 0.4) is 0 Å². The summed E-state index contributed by atoms with van der Waals surface area (Å²) >= 11 is 0. The number of sulfonamides is 1. The van der Waals surface area contributed by atoms with E-state index in [1.807, 2.05) is 6.07 Å². The highest BCUT2D eigenvalue weighted by molar-refractivity contribution is 7.89. The molecule has 1 N–H and O–H groups in total. The molecule has 1 fully saturated rings. The lowest BCUT2D eigenvalue weighted by atomic mass is 9.83. The average Bonchev–Trinajstić information content (AvgIpc) is 2.82. The molecule has 31 heavy (non-hydrogen) atoms. The van der Waals surface area contributed by atoms with Gasteiger partial charge in [0.1, 0.15) is 10.7 Å². The molecule has 0 spiro atoms. The third kappa shape index (κ3) is 4.58. The molecule has 1 atom stereocenters. The zero-order chi connectivity index (χ0) is 21.8. The van der Waals surface area contributed by atoms with Crippen LogP contribution in [-0.4, -0.2) is 63.6 Å². The first-order valence-corrected chi connectivity index (χ1v) is 11.9. The van der Waals surface area contributed by atoms with Crippen molar-refractivity contribution in [1.82, 2.24) is 9.29 Å². The highest BCUT2D eigenvalue weighted by atomic mass is 32.2. The van der Waals surface area contributed by atoms with Gasteiger partial charge in [0, 0.05) is 31.7 Å². The minimum absolute atomic E-state index is 0.0126. The number of fused-ring (bicyclic) bond motifs is 1. The zero-order valence-corrected chi connectivity index (χ0v) is 18.4. The number of ether oxygens (including phenoxy) is 2. The van der Waals surface area contributed by atoms with Gasteiger partial charge in [0.25, 0.3) is 0 Å². The molecule has 0 saturated carbocycles. The van der Waals surface area contributed by atoms with Crippen molar-refractivity contribution in [2.45, 2.75) is 30.1 Å². The third-order valence-electron chi connectivity index (χ3n) is 5.87. The second-order valence-electron chi connectivity index (χ2n) is 7.75. The van der Waals surface area contributed by atoms with Crippen LogP contribution in [0.2, 0.25) is 0 Å². The number of benzene rings is 1. The fraction of sp³-hybridized carbons (Fsp3) is 0.455. The van der Waals surface area contributed by atoms with Gasteiger partial charge in [-0.25, -0.2) is 18.2 Å². The molecule has 0 unspecified atom stereocenters. The van der Waals surface area contributed by atoms with E-state index in [1.54, 1.807) is 0 Å². The summed E-state index contributed by atoms with van der Waals surface area (Å²) in [6, 6.07) is 9.73. The largest absolute Gasteiger partial charge is 0.465 e. The van der Waals surface area contributed by atoms with Crippen molar-refractivity contribution in [3.63, 3.8) is 0 Å². The first-order valence-electron chi connectivity index (χ1n) is 10.5. The Labute approximate surface area is 182 Å². The highest BCUT2D eigenvalue weighted by Crippen LogP contribution is 2.32. The van der Waals surface area contributed by atoms with Crippen molar-refractivity contribution in [1.29, 1.82) is 0 Å². The van der Waals surface area contributed by atoms with E-state index in [9.17, 15) is 13.2 Å². The van der Waals surface area contributed by atoms with Crippen LogP contribution in [0.15, 0.2) is 41.4 Å². The number of aryl methyl sites for hydroxylation is 1. The van der Waals surface area contributed by atoms with E-state index >= 15 is 0 Å². The third-order valence-corrected chi connectivity index (χ3v) is 7.78. The fourth-order valence-corrected chi connectivity index (χ4v) is 5.77. The standard InChI is InChI=1S/C22H27N3O5S/c1-29-22(26)18-13-20(31(27,28)25-9-11-30-12-10-25)21(24-15-18)23-14-17-7-4-6-16-5-2-3-8-19(16)17/h2-3,5,8,13,15,17H,4,6-7,9-12,14H2,1H3,(H,23,24)/t17-/m1/s1. The van der Waals surface area contributed by atoms with Crippen LogP contribution in [0, 0.1) is 0 Å². The molecule has 1 aromatic heterocycles. The maximum absolute atomic E-state index is 13.4. The maximum Gasteiger partial charge on any atom is 0.339 e. The quantitative estimate of drug-likeness (QED) is 0.682. The SMILES string of the molecule is COC(=O)c1cnc(NC[C@H]2CCCc3ccccc32)c(S(=O)(=O)N2CCOCC2)c1. The van der Waals surface area contributed by atoms with Gasteiger partial charge in [-0.05, 0) is 36.5 Å². The molecule has 1 aromatic carbocycles. The van der Waals surface area contributed by atoms with Crippen LogP contribution in [0.1, 0.15) is 40.2 Å². The number of hydrogen-bond acceptors (Lipinski definition) is 7. The van der Waals surface area contributed by atoms with E-state index in [2.05, 4.69) is 28.5 Å². The van der Waals surface area contributed by atoms with Crippen molar-refractivity contribution in [3.05, 3.63) is 53.2 Å². The Balaban J connectivity index is 1.63. The Hall–Kier alpha value is -2.49. The smallest absolute Gasteiger partial charge is 0.339 e. The van der Waals surface area contributed by atoms with E-state index in [0.29, 0.717) is 19.8 Å². The number of rotatable bonds is 6. The van der Waals surface area contributed by atoms with E-state index in [-0.39, 0.29) is 35.3 Å². The molecule has 2 aliphatic rings. The number of pyridine rings is 1. The van der Waals surface area contributed by atoms with Gasteiger partial charge in [0.05, 0.1) is 25.9 Å². The molecule has 8 nitrogen and oxygen atoms in total. The minimum Gasteiger partial charge on any atom is -0.465 e. The Bertz CT molecular complexity index is 1050. The lowest BCUT2D eigenvalue weighted by Gasteiger charge is -2.28. The predicted octanol–water partition coefficient (Wildman–Crippen LogP) is 2.42. The van der Waals surface area contributed by atoms with Gasteiger partial charge in [-0.1, -0.05) is 24.3 Å². The molecule has 166 valence electrons. The van der Waals surface area contributed by atoms with Crippen molar-refractivity contribution >= 4 is 21.8 Å². The summed E-state index contributed by atoms with van der Waals surface area (Å²) in [5, 5.41) is 3.25. The van der Waals surface area contributed by atoms with Gasteiger partial charge >= 0.3 is 5.97 Å². The summed E-state index contributed by atoms with van der Waals surface area (Å²) in [6.45, 7) is 1.77. The van der Waals surface area contributed by atoms with Crippen LogP contribution in [0.25, 0.3) is 0 Å². The first-order chi connectivity index (χ1) is 15.0. The number of carbonyl (C=O) groups is 1. The monoisotopic (exact) mass is 445 g/mol. The van der Waals surface area contributed by atoms with Gasteiger partial charge < -0.3 is 14.8 Å². The van der Waals surface area contributed by atoms with Gasteiger partial charge in [0.15, 0.2) is 0 Å². The van der Waals surface area contributed by atoms with E-state index < -0.39 is 16.0 Å². The first kappa shape index (κ1) is 21.7. The van der Waals surface area contributed by atoms with Gasteiger partial charge in [-0.15, -0.1) is 0 Å². The number of esters is 1. The lowest BCUT2D eigenvalue weighted by Crippen LogP contribution is -2.41. The van der Waals surface area contributed by atoms with Gasteiger partial charge in [-0.3, -0.25) is 0 Å². The van der Waals surface area contributed by atoms with Crippen LogP contribution in [0.5, 0.6) is 0 Å². The number of carbonyl (C=O) groups excluding carboxylic acids is 1. The van der Waals surface area contributed by atoms with Crippen molar-refractivity contribution in [2.24, 2.45) is 0 Å². The van der Waals surface area contributed by atoms with Gasteiger partial charge in [-0.2, -0.15) is 4.31 Å². The van der Waals surface area contributed by atoms with E-state index in [4.69, 9.17) is 9.47 Å². The lowest BCUT2D eigenvalue weighted by molar-refractivity contribution is 0.0600. The van der Waals surface area contributed by atoms with E-state index in [1.165, 1.54) is 34.8 Å². The van der Waals surface area contributed by atoms with Gasteiger partial charge in [0.2, 0.25) is 10.0 Å². The minimum atomic E-state index is -3.85. The molecular formula is C22H27N3O5S. The van der Waals surface area contributed by atoms with Crippen LogP contribution >= 0.6 is 0 Å². The molecule has 4 rings (SSSR count). The van der Waals surface area contributed by atoms with Crippen molar-refractivity contribution in [3.8, 4) is 0 Å². The molecule has 2 heterocycles. The fourth-order valence-electron chi connectivity index (χ4n) is 4.22. The number of hydrogen-bond donors (Lipinski definition) is 1. The molecule has 1 saturated heterocycles. The Morgan fingerprint density at radius 3 is 2.84 bits per heavy atom. The summed E-state index contributed by atoms with van der Waals surface area (Å²) in [7, 11) is -2.59. The second kappa shape index (κ2) is 9.33. The van der Waals surface area contributed by atoms with Crippen LogP contribution in [0.4, 0.5) is 5.82 Å².